The summed E-state index contributed by atoms with van der Waals surface area (Å²) in [7, 11) is 0. The van der Waals surface area contributed by atoms with E-state index in [4.69, 9.17) is 10.9 Å². The highest BCUT2D eigenvalue weighted by molar-refractivity contribution is 5.86. The summed E-state index contributed by atoms with van der Waals surface area (Å²) >= 11 is 0. The monoisotopic (exact) mass is 214 g/mol. The molecule has 1 amide bonds. The number of hydrogen-bond acceptors (Lipinski definition) is 4. The number of amidine groups is 1. The summed E-state index contributed by atoms with van der Waals surface area (Å²) < 4.78 is 0. The summed E-state index contributed by atoms with van der Waals surface area (Å²) in [5.74, 6) is 0.0680. The van der Waals surface area contributed by atoms with Crippen molar-refractivity contribution in [3.05, 3.63) is 0 Å². The molecular formula is C9H18N4O2. The van der Waals surface area contributed by atoms with Crippen LogP contribution in [0.25, 0.3) is 0 Å². The van der Waals surface area contributed by atoms with Gasteiger partial charge in [-0.2, -0.15) is 0 Å². The predicted octanol–water partition coefficient (Wildman–Crippen LogP) is -0.620. The zero-order valence-corrected chi connectivity index (χ0v) is 8.86. The van der Waals surface area contributed by atoms with Crippen LogP contribution >= 0.6 is 0 Å². The minimum atomic E-state index is -0.250. The number of hydrogen-bond donors (Lipinski definition) is 4. The quantitative estimate of drug-likeness (QED) is 0.205. The van der Waals surface area contributed by atoms with Gasteiger partial charge in [0.25, 0.3) is 0 Å². The van der Waals surface area contributed by atoms with Crippen LogP contribution in [0.3, 0.4) is 0 Å². The normalized spacial score (nSPS) is 18.6. The second-order valence-corrected chi connectivity index (χ2v) is 3.71. The van der Waals surface area contributed by atoms with Crippen LogP contribution in [0.1, 0.15) is 26.2 Å². The second-order valence-electron chi connectivity index (χ2n) is 3.71. The third kappa shape index (κ3) is 4.16. The number of nitrogens with one attached hydrogen (secondary N) is 2. The number of carbonyl (C=O) groups excluding carboxylic acids is 1. The highest BCUT2D eigenvalue weighted by Gasteiger charge is 2.23. The van der Waals surface area contributed by atoms with Crippen LogP contribution in [0.15, 0.2) is 5.16 Å². The Morgan fingerprint density at radius 2 is 2.33 bits per heavy atom. The molecule has 0 aromatic heterocycles. The van der Waals surface area contributed by atoms with Gasteiger partial charge in [0.1, 0.15) is 0 Å². The van der Waals surface area contributed by atoms with E-state index in [9.17, 15) is 4.79 Å². The molecule has 0 bridgehead atoms. The van der Waals surface area contributed by atoms with Gasteiger partial charge in [-0.3, -0.25) is 10.1 Å². The zero-order valence-electron chi connectivity index (χ0n) is 8.86. The molecule has 6 heteroatoms. The van der Waals surface area contributed by atoms with E-state index >= 15 is 0 Å². The average Bonchev–Trinajstić information content (AvgIpc) is 3.02. The molecule has 1 atom stereocenters. The molecule has 5 N–H and O–H groups in total. The van der Waals surface area contributed by atoms with Crippen molar-refractivity contribution in [1.29, 1.82) is 0 Å². The predicted molar refractivity (Wildman–Crippen MR) is 56.7 cm³/mol. The Morgan fingerprint density at radius 1 is 1.67 bits per heavy atom. The van der Waals surface area contributed by atoms with Crippen molar-refractivity contribution < 1.29 is 10.0 Å². The average molecular weight is 214 g/mol. The van der Waals surface area contributed by atoms with Crippen LogP contribution in [-0.4, -0.2) is 35.6 Å². The van der Waals surface area contributed by atoms with Gasteiger partial charge in [0.2, 0.25) is 5.91 Å². The van der Waals surface area contributed by atoms with E-state index in [2.05, 4.69) is 15.8 Å². The molecule has 86 valence electrons. The van der Waals surface area contributed by atoms with Gasteiger partial charge in [0, 0.05) is 6.04 Å². The molecule has 0 spiro atoms. The standard InChI is InChI=1S/C9H18N4O2/c1-2-7(9(10)13-15)11-5-8(14)12-6-3-4-6/h6-7,11,15H,2-5H2,1H3,(H2,10,13)(H,12,14). The van der Waals surface area contributed by atoms with Crippen molar-refractivity contribution in [2.75, 3.05) is 6.54 Å². The fourth-order valence-corrected chi connectivity index (χ4v) is 1.25. The third-order valence-electron chi connectivity index (χ3n) is 2.33. The molecule has 0 heterocycles. The molecule has 6 nitrogen and oxygen atoms in total. The fraction of sp³-hybridized carbons (Fsp3) is 0.778. The highest BCUT2D eigenvalue weighted by atomic mass is 16.4. The van der Waals surface area contributed by atoms with E-state index in [-0.39, 0.29) is 24.3 Å². The van der Waals surface area contributed by atoms with E-state index in [0.29, 0.717) is 12.5 Å². The molecular weight excluding hydrogens is 196 g/mol. The van der Waals surface area contributed by atoms with Crippen molar-refractivity contribution in [2.24, 2.45) is 10.9 Å². The molecule has 1 aliphatic rings. The van der Waals surface area contributed by atoms with Gasteiger partial charge in [0.15, 0.2) is 5.84 Å². The van der Waals surface area contributed by atoms with Crippen LogP contribution < -0.4 is 16.4 Å². The van der Waals surface area contributed by atoms with Crippen LogP contribution in [0, 0.1) is 0 Å². The molecule has 1 aliphatic carbocycles. The van der Waals surface area contributed by atoms with Crippen molar-refractivity contribution >= 4 is 11.7 Å². The van der Waals surface area contributed by atoms with Crippen molar-refractivity contribution in [1.82, 2.24) is 10.6 Å². The zero-order chi connectivity index (χ0) is 11.3. The van der Waals surface area contributed by atoms with Crippen LogP contribution in [0.4, 0.5) is 0 Å². The molecule has 1 saturated carbocycles. The number of carbonyl (C=O) groups is 1. The van der Waals surface area contributed by atoms with Gasteiger partial charge < -0.3 is 16.3 Å². The topological polar surface area (TPSA) is 99.7 Å². The number of nitrogens with zero attached hydrogens (tertiary/aromatic N) is 1. The maximum absolute atomic E-state index is 11.3. The van der Waals surface area contributed by atoms with Crippen LogP contribution in [0.2, 0.25) is 0 Å². The van der Waals surface area contributed by atoms with E-state index in [1.165, 1.54) is 0 Å². The molecule has 1 fully saturated rings. The molecule has 1 unspecified atom stereocenters. The first-order valence-corrected chi connectivity index (χ1v) is 5.17. The number of rotatable bonds is 6. The van der Waals surface area contributed by atoms with Gasteiger partial charge in [0.05, 0.1) is 12.6 Å². The van der Waals surface area contributed by atoms with Crippen molar-refractivity contribution in [2.45, 2.75) is 38.3 Å². The minimum absolute atomic E-state index is 0.0401. The first kappa shape index (κ1) is 11.8. The van der Waals surface area contributed by atoms with Crippen LogP contribution in [0.5, 0.6) is 0 Å². The maximum Gasteiger partial charge on any atom is 0.234 e. The Balaban J connectivity index is 2.23. The van der Waals surface area contributed by atoms with Gasteiger partial charge in [-0.1, -0.05) is 12.1 Å². The van der Waals surface area contributed by atoms with E-state index < -0.39 is 0 Å². The number of nitrogens with two attached hydrogens (primary N) is 1. The smallest absolute Gasteiger partial charge is 0.234 e. The summed E-state index contributed by atoms with van der Waals surface area (Å²) in [5, 5.41) is 17.2. The Bertz CT molecular complexity index is 250. The minimum Gasteiger partial charge on any atom is -0.409 e. The first-order valence-electron chi connectivity index (χ1n) is 5.17. The third-order valence-corrected chi connectivity index (χ3v) is 2.33. The number of amides is 1. The van der Waals surface area contributed by atoms with Crippen molar-refractivity contribution in [3.8, 4) is 0 Å². The van der Waals surface area contributed by atoms with Gasteiger partial charge >= 0.3 is 0 Å². The lowest BCUT2D eigenvalue weighted by atomic mass is 10.2. The molecule has 0 aromatic rings. The van der Waals surface area contributed by atoms with Gasteiger partial charge in [-0.25, -0.2) is 0 Å². The largest absolute Gasteiger partial charge is 0.409 e. The molecule has 0 radical (unpaired) electrons. The molecule has 0 saturated heterocycles. The lowest BCUT2D eigenvalue weighted by Crippen LogP contribution is -2.45. The van der Waals surface area contributed by atoms with Gasteiger partial charge in [-0.15, -0.1) is 0 Å². The van der Waals surface area contributed by atoms with E-state index in [1.54, 1.807) is 0 Å². The van der Waals surface area contributed by atoms with E-state index in [0.717, 1.165) is 12.8 Å². The summed E-state index contributed by atoms with van der Waals surface area (Å²) in [5.41, 5.74) is 5.43. The summed E-state index contributed by atoms with van der Waals surface area (Å²) in [4.78, 5) is 11.3. The Hall–Kier alpha value is -1.30. The lowest BCUT2D eigenvalue weighted by Gasteiger charge is -2.14. The van der Waals surface area contributed by atoms with Crippen molar-refractivity contribution in [3.63, 3.8) is 0 Å². The van der Waals surface area contributed by atoms with E-state index in [1.807, 2.05) is 6.92 Å². The SMILES string of the molecule is CCC(NCC(=O)NC1CC1)C(N)=NO. The molecule has 0 aliphatic heterocycles. The number of oxime groups is 1. The molecule has 0 aromatic carbocycles. The Kier molecular flexibility index (Phi) is 4.36. The summed E-state index contributed by atoms with van der Waals surface area (Å²) in [6.45, 7) is 2.10. The highest BCUT2D eigenvalue weighted by Crippen LogP contribution is 2.18. The maximum atomic E-state index is 11.3. The Morgan fingerprint density at radius 3 is 2.80 bits per heavy atom. The summed E-state index contributed by atoms with van der Waals surface area (Å²) in [6, 6.07) is 0.114. The second kappa shape index (κ2) is 5.55. The lowest BCUT2D eigenvalue weighted by molar-refractivity contribution is -0.120. The van der Waals surface area contributed by atoms with Crippen LogP contribution in [-0.2, 0) is 4.79 Å². The Labute approximate surface area is 88.9 Å². The molecule has 15 heavy (non-hydrogen) atoms. The first-order chi connectivity index (χ1) is 7.17. The fourth-order valence-electron chi connectivity index (χ4n) is 1.25. The summed E-state index contributed by atoms with van der Waals surface area (Å²) in [6.07, 6.45) is 2.82. The van der Waals surface area contributed by atoms with Gasteiger partial charge in [-0.05, 0) is 19.3 Å². The molecule has 1 rings (SSSR count).